The van der Waals surface area contributed by atoms with Gasteiger partial charge >= 0.3 is 11.9 Å². The molecule has 0 radical (unpaired) electrons. The predicted molar refractivity (Wildman–Crippen MR) is 260 cm³/mol. The van der Waals surface area contributed by atoms with Crippen molar-refractivity contribution >= 4 is 11.9 Å². The fourth-order valence-electron chi connectivity index (χ4n) is 15.9. The van der Waals surface area contributed by atoms with Gasteiger partial charge in [0.2, 0.25) is 6.29 Å². The van der Waals surface area contributed by atoms with E-state index < -0.39 is 147 Å². The van der Waals surface area contributed by atoms with Gasteiger partial charge in [-0.3, -0.25) is 9.59 Å². The Morgan fingerprint density at radius 1 is 0.671 bits per heavy atom. The maximum atomic E-state index is 15.0. The first-order valence-corrected chi connectivity index (χ1v) is 27.3. The van der Waals surface area contributed by atoms with E-state index >= 15 is 4.79 Å². The molecule has 0 bridgehead atoms. The van der Waals surface area contributed by atoms with Crippen LogP contribution in [0.5, 0.6) is 0 Å². The zero-order valence-electron chi connectivity index (χ0n) is 44.7. The van der Waals surface area contributed by atoms with Crippen molar-refractivity contribution in [2.45, 2.75) is 235 Å². The Balaban J connectivity index is 0.888. The highest BCUT2D eigenvalue weighted by atomic mass is 16.8. The first kappa shape index (κ1) is 58.4. The number of aliphatic hydroxyl groups is 11. The summed E-state index contributed by atoms with van der Waals surface area (Å²) in [5, 5.41) is 119. The molecular formula is C54H84O22. The molecule has 4 saturated heterocycles. The molecular weight excluding hydrogens is 1000 g/mol. The number of hydrogen-bond donors (Lipinski definition) is 11. The Kier molecular flexibility index (Phi) is 16.5. The summed E-state index contributed by atoms with van der Waals surface area (Å²) in [6.45, 7) is 17.3. The number of fused-ring (bicyclic) bond motifs is 7. The second-order valence-corrected chi connectivity index (χ2v) is 25.1. The summed E-state index contributed by atoms with van der Waals surface area (Å²) < 4.78 is 52.5. The molecule has 22 heteroatoms. The quantitative estimate of drug-likeness (QED) is 0.0721. The van der Waals surface area contributed by atoms with Crippen LogP contribution in [0.4, 0.5) is 0 Å². The first-order chi connectivity index (χ1) is 35.6. The van der Waals surface area contributed by atoms with Gasteiger partial charge in [-0.2, -0.15) is 0 Å². The number of hydrogen-bond acceptors (Lipinski definition) is 22. The third kappa shape index (κ3) is 9.75. The number of carbonyl (C=O) groups is 2. The highest BCUT2D eigenvalue weighted by Gasteiger charge is 2.70. The first-order valence-electron chi connectivity index (χ1n) is 27.3. The van der Waals surface area contributed by atoms with Crippen LogP contribution in [0.15, 0.2) is 23.8 Å². The summed E-state index contributed by atoms with van der Waals surface area (Å²) in [4.78, 5) is 26.9. The van der Waals surface area contributed by atoms with E-state index in [1.54, 1.807) is 0 Å². The maximum absolute atomic E-state index is 15.0. The Morgan fingerprint density at radius 3 is 2.04 bits per heavy atom. The summed E-state index contributed by atoms with van der Waals surface area (Å²) in [5.41, 5.74) is 0.268. The molecule has 0 aromatic carbocycles. The van der Waals surface area contributed by atoms with Crippen LogP contribution < -0.4 is 0 Å². The summed E-state index contributed by atoms with van der Waals surface area (Å²) in [6.07, 6.45) is -20.8. The average Bonchev–Trinajstić information content (AvgIpc) is 3.56. The van der Waals surface area contributed by atoms with E-state index in [2.05, 4.69) is 47.3 Å². The molecule has 11 N–H and O–H groups in total. The van der Waals surface area contributed by atoms with Crippen molar-refractivity contribution < 1.29 is 108 Å². The van der Waals surface area contributed by atoms with Crippen LogP contribution in [0.25, 0.3) is 0 Å². The van der Waals surface area contributed by atoms with E-state index in [-0.39, 0.29) is 52.1 Å². The van der Waals surface area contributed by atoms with E-state index in [0.717, 1.165) is 38.2 Å². The van der Waals surface area contributed by atoms with Crippen molar-refractivity contribution in [1.82, 2.24) is 0 Å². The molecule has 8 fully saturated rings. The number of carbonyl (C=O) groups excluding carboxylic acids is 2. The van der Waals surface area contributed by atoms with E-state index in [0.29, 0.717) is 38.5 Å². The minimum absolute atomic E-state index is 0.0962. The highest BCUT2D eigenvalue weighted by molar-refractivity contribution is 5.79. The predicted octanol–water partition coefficient (Wildman–Crippen LogP) is -0.268. The molecule has 9 rings (SSSR count). The Morgan fingerprint density at radius 2 is 1.33 bits per heavy atom. The number of aliphatic hydroxyl groups excluding tert-OH is 11. The summed E-state index contributed by atoms with van der Waals surface area (Å²) in [7, 11) is 0. The molecule has 0 unspecified atom stereocenters. The summed E-state index contributed by atoms with van der Waals surface area (Å²) in [5.74, 6) is -1.10. The smallest absolute Gasteiger partial charge is 0.315 e. The second-order valence-electron chi connectivity index (χ2n) is 25.1. The Bertz CT molecular complexity index is 2160. The van der Waals surface area contributed by atoms with Gasteiger partial charge in [0.25, 0.3) is 0 Å². The third-order valence-electron chi connectivity index (χ3n) is 20.7. The maximum Gasteiger partial charge on any atom is 0.315 e. The molecule has 76 heavy (non-hydrogen) atoms. The zero-order valence-corrected chi connectivity index (χ0v) is 44.7. The van der Waals surface area contributed by atoms with Gasteiger partial charge in [-0.1, -0.05) is 58.4 Å². The van der Waals surface area contributed by atoms with Crippen molar-refractivity contribution in [3.8, 4) is 0 Å². The monoisotopic (exact) mass is 1080 g/mol. The Hall–Kier alpha value is -2.30. The SMILES string of the molecule is C=C1CC[C@]2(C(=O)O[C@@H]3O[C@H](CO[C@@H]4O[C@H](COC(C)=O)[C@@H](O[C@@H]5O[C@@H](C)[C@H](O)[C@@H](O)[C@H]5O)[C@H](O)[C@H]4O)[C@@H](O)[C@H](O)[C@H]3O)CC[C@]3(C)C(=CC[C@@H]4[C@@]5(C)CC[C@H](O[C@@H]6OC[C@H](O)[C@H](O)[C@H]6O)C(C)(C)[C@@H]5CC[C@]43C)[C@@H]2C1. The summed E-state index contributed by atoms with van der Waals surface area (Å²) in [6, 6.07) is 0. The number of rotatable bonds is 11. The lowest BCUT2D eigenvalue weighted by atomic mass is 9.34. The minimum atomic E-state index is -1.90. The van der Waals surface area contributed by atoms with Gasteiger partial charge in [-0.15, -0.1) is 0 Å². The van der Waals surface area contributed by atoms with Crippen LogP contribution in [0.2, 0.25) is 0 Å². The van der Waals surface area contributed by atoms with Gasteiger partial charge < -0.3 is 98.8 Å². The Labute approximate surface area is 443 Å². The molecule has 0 aromatic rings. The van der Waals surface area contributed by atoms with Crippen molar-refractivity contribution in [3.63, 3.8) is 0 Å². The molecule has 0 amide bonds. The third-order valence-corrected chi connectivity index (χ3v) is 20.7. The van der Waals surface area contributed by atoms with Crippen molar-refractivity contribution in [2.24, 2.45) is 44.8 Å². The number of esters is 2. The molecule has 4 aliphatic heterocycles. The van der Waals surface area contributed by atoms with Crippen LogP contribution in [0.1, 0.15) is 113 Å². The zero-order chi connectivity index (χ0) is 55.4. The van der Waals surface area contributed by atoms with Crippen molar-refractivity contribution in [3.05, 3.63) is 23.8 Å². The molecule has 5 aliphatic carbocycles. The van der Waals surface area contributed by atoms with Crippen LogP contribution in [0.3, 0.4) is 0 Å². The molecule has 4 saturated carbocycles. The molecule has 4 heterocycles. The van der Waals surface area contributed by atoms with Gasteiger partial charge in [0.15, 0.2) is 18.9 Å². The fourth-order valence-corrected chi connectivity index (χ4v) is 15.9. The van der Waals surface area contributed by atoms with Crippen LogP contribution in [0, 0.1) is 44.8 Å². The largest absolute Gasteiger partial charge is 0.463 e. The van der Waals surface area contributed by atoms with Crippen molar-refractivity contribution in [2.75, 3.05) is 19.8 Å². The standard InChI is InChI=1S/C54H84O22/c1-23-11-16-54(18-17-52(7)26(27(54)19-23)9-10-32-51(6)14-13-33(50(4,5)31(51)12-15-53(32,52)8)74-46-40(63)35(58)28(56)20-69-46)49(67)76-48-42(65)38(61)36(59)29(72-48)21-70-45-43(66)39(62)44(30(73-45)22-68-25(3)55)75-47-41(64)37(60)34(57)24(2)71-47/h9,24,27-48,56-66H,1,10-22H2,2-8H3/t24-,27-,28-,29+,30+,31-,32+,33-,34-,35-,36+,37+,38-,39+,40+,41+,42+,43+,44+,45+,46-,47-,48-,51-,52+,53+,54-/m0/s1. The summed E-state index contributed by atoms with van der Waals surface area (Å²) >= 11 is 0. The minimum Gasteiger partial charge on any atom is -0.463 e. The molecule has 0 spiro atoms. The van der Waals surface area contributed by atoms with Crippen LogP contribution in [-0.4, -0.2) is 211 Å². The van der Waals surface area contributed by atoms with Gasteiger partial charge in [-0.05, 0) is 105 Å². The fraction of sp³-hybridized carbons (Fsp3) is 0.889. The van der Waals surface area contributed by atoms with Crippen LogP contribution >= 0.6 is 0 Å². The van der Waals surface area contributed by atoms with E-state index in [1.165, 1.54) is 12.5 Å². The van der Waals surface area contributed by atoms with Gasteiger partial charge in [0, 0.05) is 12.8 Å². The van der Waals surface area contributed by atoms with E-state index in [4.69, 9.17) is 42.6 Å². The van der Waals surface area contributed by atoms with Crippen molar-refractivity contribution in [1.29, 1.82) is 0 Å². The lowest BCUT2D eigenvalue weighted by Gasteiger charge is -2.71. The number of allylic oxidation sites excluding steroid dienone is 3. The lowest BCUT2D eigenvalue weighted by molar-refractivity contribution is -0.361. The highest BCUT2D eigenvalue weighted by Crippen LogP contribution is 2.75. The van der Waals surface area contributed by atoms with E-state index in [9.17, 15) is 61.0 Å². The van der Waals surface area contributed by atoms with Gasteiger partial charge in [0.1, 0.15) is 92.1 Å². The van der Waals surface area contributed by atoms with Gasteiger partial charge in [0.05, 0.1) is 30.8 Å². The normalized spacial score (nSPS) is 52.2. The molecule has 432 valence electrons. The average molecular weight is 1090 g/mol. The molecule has 22 nitrogen and oxygen atoms in total. The number of ether oxygens (including phenoxy) is 9. The molecule has 9 aliphatic rings. The van der Waals surface area contributed by atoms with Gasteiger partial charge in [-0.25, -0.2) is 0 Å². The second kappa shape index (κ2) is 21.5. The van der Waals surface area contributed by atoms with Crippen LogP contribution in [-0.2, 0) is 52.2 Å². The topological polar surface area (TPSA) is 340 Å². The lowest BCUT2D eigenvalue weighted by Crippen LogP contribution is -2.66. The molecule has 0 aromatic heterocycles. The van der Waals surface area contributed by atoms with E-state index in [1.807, 2.05) is 0 Å². The molecule has 27 atom stereocenters.